The Morgan fingerprint density at radius 1 is 1.42 bits per heavy atom. The topological polar surface area (TPSA) is 42.4 Å². The first-order valence-electron chi connectivity index (χ1n) is 6.14. The molecule has 0 saturated heterocycles. The zero-order valence-electron chi connectivity index (χ0n) is 10.8. The summed E-state index contributed by atoms with van der Waals surface area (Å²) in [5.41, 5.74) is 4.56. The molecule has 1 aliphatic heterocycles. The molecule has 0 saturated carbocycles. The van der Waals surface area contributed by atoms with E-state index in [-0.39, 0.29) is 18.6 Å². The summed E-state index contributed by atoms with van der Waals surface area (Å²) in [5, 5.41) is 1.99. The number of rotatable bonds is 2. The second kappa shape index (κ2) is 4.66. The minimum atomic E-state index is -0.00192. The van der Waals surface area contributed by atoms with Crippen molar-refractivity contribution in [3.8, 4) is 17.0 Å². The second-order valence-corrected chi connectivity index (χ2v) is 5.42. The molecule has 0 fully saturated rings. The lowest BCUT2D eigenvalue weighted by molar-refractivity contribution is -0.121. The molecule has 0 unspecified atom stereocenters. The molecule has 4 nitrogen and oxygen atoms in total. The van der Waals surface area contributed by atoms with Crippen LogP contribution in [0.2, 0.25) is 0 Å². The van der Waals surface area contributed by atoms with Crippen LogP contribution in [-0.4, -0.2) is 23.5 Å². The normalized spacial score (nSPS) is 14.5. The van der Waals surface area contributed by atoms with Gasteiger partial charge in [-0.2, -0.15) is 0 Å². The molecule has 5 heteroatoms. The van der Waals surface area contributed by atoms with Crippen LogP contribution in [0.15, 0.2) is 29.1 Å². The Balaban J connectivity index is 2.09. The Hall–Kier alpha value is -1.88. The van der Waals surface area contributed by atoms with Crippen molar-refractivity contribution in [2.75, 3.05) is 11.5 Å². The predicted molar refractivity (Wildman–Crippen MR) is 75.7 cm³/mol. The van der Waals surface area contributed by atoms with Gasteiger partial charge in [-0.1, -0.05) is 0 Å². The van der Waals surface area contributed by atoms with Crippen LogP contribution >= 0.6 is 11.3 Å². The molecular weight excluding hydrogens is 260 g/mol. The Bertz CT molecular complexity index is 608. The van der Waals surface area contributed by atoms with Crippen LogP contribution in [0.4, 0.5) is 5.69 Å². The van der Waals surface area contributed by atoms with Crippen LogP contribution in [0.1, 0.15) is 13.8 Å². The van der Waals surface area contributed by atoms with E-state index in [0.717, 1.165) is 22.7 Å². The first kappa shape index (κ1) is 12.2. The molecule has 0 bridgehead atoms. The Morgan fingerprint density at radius 3 is 2.95 bits per heavy atom. The summed E-state index contributed by atoms with van der Waals surface area (Å²) in [6.45, 7) is 4.12. The van der Waals surface area contributed by atoms with E-state index < -0.39 is 0 Å². The summed E-state index contributed by atoms with van der Waals surface area (Å²) in [4.78, 5) is 18.1. The number of ether oxygens (including phenoxy) is 1. The van der Waals surface area contributed by atoms with E-state index >= 15 is 0 Å². The molecule has 1 aliphatic rings. The Kier molecular flexibility index (Phi) is 2.98. The maximum absolute atomic E-state index is 12.0. The monoisotopic (exact) mass is 274 g/mol. The van der Waals surface area contributed by atoms with Crippen molar-refractivity contribution in [2.45, 2.75) is 19.9 Å². The summed E-state index contributed by atoms with van der Waals surface area (Å²) in [7, 11) is 0. The van der Waals surface area contributed by atoms with Crippen molar-refractivity contribution in [1.82, 2.24) is 4.98 Å². The first-order chi connectivity index (χ1) is 9.16. The van der Waals surface area contributed by atoms with E-state index in [2.05, 4.69) is 4.98 Å². The van der Waals surface area contributed by atoms with Gasteiger partial charge in [0.2, 0.25) is 0 Å². The van der Waals surface area contributed by atoms with Gasteiger partial charge in [0.05, 0.1) is 16.9 Å². The zero-order valence-corrected chi connectivity index (χ0v) is 11.6. The third-order valence-electron chi connectivity index (χ3n) is 3.08. The number of nitrogens with zero attached hydrogens (tertiary/aromatic N) is 2. The summed E-state index contributed by atoms with van der Waals surface area (Å²) < 4.78 is 5.48. The fraction of sp³-hybridized carbons (Fsp3) is 0.286. The number of amides is 1. The third-order valence-corrected chi connectivity index (χ3v) is 3.67. The zero-order chi connectivity index (χ0) is 13.4. The van der Waals surface area contributed by atoms with Crippen molar-refractivity contribution in [3.63, 3.8) is 0 Å². The quantitative estimate of drug-likeness (QED) is 0.845. The molecule has 98 valence electrons. The lowest BCUT2D eigenvalue weighted by Gasteiger charge is -2.32. The molecule has 0 spiro atoms. The van der Waals surface area contributed by atoms with E-state index in [0.29, 0.717) is 0 Å². The van der Waals surface area contributed by atoms with Gasteiger partial charge in [0.15, 0.2) is 6.61 Å². The molecule has 3 rings (SSSR count). The molecule has 0 N–H and O–H groups in total. The van der Waals surface area contributed by atoms with Crippen molar-refractivity contribution < 1.29 is 9.53 Å². The number of thiazole rings is 1. The van der Waals surface area contributed by atoms with Crippen molar-refractivity contribution in [1.29, 1.82) is 0 Å². The molecule has 0 radical (unpaired) electrons. The number of hydrogen-bond donors (Lipinski definition) is 0. The van der Waals surface area contributed by atoms with Gasteiger partial charge in [0.25, 0.3) is 5.91 Å². The highest BCUT2D eigenvalue weighted by molar-refractivity contribution is 7.07. The molecule has 19 heavy (non-hydrogen) atoms. The predicted octanol–water partition coefficient (Wildman–Crippen LogP) is 2.94. The van der Waals surface area contributed by atoms with Crippen LogP contribution < -0.4 is 9.64 Å². The second-order valence-electron chi connectivity index (χ2n) is 4.70. The van der Waals surface area contributed by atoms with Crippen LogP contribution in [-0.2, 0) is 4.79 Å². The molecule has 2 aromatic rings. The lowest BCUT2D eigenvalue weighted by atomic mass is 10.1. The van der Waals surface area contributed by atoms with Gasteiger partial charge in [0.1, 0.15) is 5.75 Å². The van der Waals surface area contributed by atoms with Gasteiger partial charge in [-0.25, -0.2) is 4.98 Å². The largest absolute Gasteiger partial charge is 0.482 e. The van der Waals surface area contributed by atoms with Crippen LogP contribution in [0, 0.1) is 0 Å². The Morgan fingerprint density at radius 2 is 2.26 bits per heavy atom. The number of carbonyl (C=O) groups excluding carboxylic acids is 1. The van der Waals surface area contributed by atoms with Crippen LogP contribution in [0.25, 0.3) is 11.3 Å². The number of aromatic nitrogens is 1. The van der Waals surface area contributed by atoms with Gasteiger partial charge in [-0.3, -0.25) is 4.79 Å². The molecule has 1 aromatic heterocycles. The van der Waals surface area contributed by atoms with Crippen molar-refractivity contribution in [2.24, 2.45) is 0 Å². The molecule has 0 atom stereocenters. The van der Waals surface area contributed by atoms with Crippen LogP contribution in [0.5, 0.6) is 5.75 Å². The van der Waals surface area contributed by atoms with Crippen molar-refractivity contribution in [3.05, 3.63) is 29.1 Å². The minimum absolute atomic E-state index is 0.00192. The molecule has 1 amide bonds. The standard InChI is InChI=1S/C14H14N2O2S/c1-9(2)16-12-5-10(11-7-19-8-15-11)3-4-13(12)18-6-14(16)17/h3-5,7-9H,6H2,1-2H3. The minimum Gasteiger partial charge on any atom is -0.482 e. The summed E-state index contributed by atoms with van der Waals surface area (Å²) in [5.74, 6) is 0.755. The highest BCUT2D eigenvalue weighted by Gasteiger charge is 2.27. The SMILES string of the molecule is CC(C)N1C(=O)COc2ccc(-c3cscn3)cc21. The van der Waals surface area contributed by atoms with E-state index in [1.54, 1.807) is 21.7 Å². The maximum Gasteiger partial charge on any atom is 0.265 e. The number of anilines is 1. The highest BCUT2D eigenvalue weighted by atomic mass is 32.1. The average Bonchev–Trinajstić information content (AvgIpc) is 2.91. The van der Waals surface area contributed by atoms with Gasteiger partial charge >= 0.3 is 0 Å². The molecule has 2 heterocycles. The maximum atomic E-state index is 12.0. The number of fused-ring (bicyclic) bond motifs is 1. The fourth-order valence-electron chi connectivity index (χ4n) is 2.25. The molecule has 0 aliphatic carbocycles. The fourth-order valence-corrected chi connectivity index (χ4v) is 2.81. The van der Waals surface area contributed by atoms with Gasteiger partial charge in [0, 0.05) is 17.0 Å². The molecular formula is C14H14N2O2S. The highest BCUT2D eigenvalue weighted by Crippen LogP contribution is 2.36. The van der Waals surface area contributed by atoms with E-state index in [4.69, 9.17) is 4.74 Å². The van der Waals surface area contributed by atoms with Gasteiger partial charge < -0.3 is 9.64 Å². The first-order valence-corrected chi connectivity index (χ1v) is 7.08. The summed E-state index contributed by atoms with van der Waals surface area (Å²) in [6, 6.07) is 5.97. The van der Waals surface area contributed by atoms with E-state index in [9.17, 15) is 4.79 Å². The third kappa shape index (κ3) is 2.10. The van der Waals surface area contributed by atoms with Gasteiger partial charge in [-0.05, 0) is 32.0 Å². The van der Waals surface area contributed by atoms with E-state index in [1.807, 2.05) is 37.4 Å². The lowest BCUT2D eigenvalue weighted by Crippen LogP contribution is -2.43. The average molecular weight is 274 g/mol. The van der Waals surface area contributed by atoms with Gasteiger partial charge in [-0.15, -0.1) is 11.3 Å². The van der Waals surface area contributed by atoms with Crippen molar-refractivity contribution >= 4 is 22.9 Å². The molecule has 1 aromatic carbocycles. The number of hydrogen-bond acceptors (Lipinski definition) is 4. The Labute approximate surface area is 115 Å². The summed E-state index contributed by atoms with van der Waals surface area (Å²) in [6.07, 6.45) is 0. The smallest absolute Gasteiger partial charge is 0.265 e. The van der Waals surface area contributed by atoms with Crippen LogP contribution in [0.3, 0.4) is 0 Å². The summed E-state index contributed by atoms with van der Waals surface area (Å²) >= 11 is 1.56. The number of carbonyl (C=O) groups is 1. The number of benzene rings is 1. The van der Waals surface area contributed by atoms with E-state index in [1.165, 1.54) is 0 Å².